The van der Waals surface area contributed by atoms with E-state index in [2.05, 4.69) is 5.32 Å². The summed E-state index contributed by atoms with van der Waals surface area (Å²) in [6.07, 6.45) is 5.07. The zero-order valence-corrected chi connectivity index (χ0v) is 22.3. The van der Waals surface area contributed by atoms with E-state index in [1.54, 1.807) is 19.1 Å². The van der Waals surface area contributed by atoms with Gasteiger partial charge < -0.3 is 10.2 Å². The van der Waals surface area contributed by atoms with E-state index < -0.39 is 28.5 Å². The van der Waals surface area contributed by atoms with Crippen LogP contribution in [0.25, 0.3) is 0 Å². The van der Waals surface area contributed by atoms with Crippen molar-refractivity contribution in [3.8, 4) is 0 Å². The highest BCUT2D eigenvalue weighted by atomic mass is 35.5. The number of benzene rings is 2. The molecule has 3 rings (SSSR count). The number of rotatable bonds is 9. The Kier molecular flexibility index (Phi) is 8.83. The summed E-state index contributed by atoms with van der Waals surface area (Å²) in [7, 11) is -3.79. The molecule has 0 spiro atoms. The monoisotopic (exact) mass is 519 g/mol. The Labute approximate surface area is 213 Å². The van der Waals surface area contributed by atoms with Gasteiger partial charge in [-0.1, -0.05) is 60.3 Å². The van der Waals surface area contributed by atoms with Crippen LogP contribution in [0.3, 0.4) is 0 Å². The van der Waals surface area contributed by atoms with Gasteiger partial charge in [0.05, 0.1) is 11.9 Å². The zero-order chi connectivity index (χ0) is 25.8. The first-order valence-corrected chi connectivity index (χ1v) is 14.1. The first-order valence-electron chi connectivity index (χ1n) is 11.8. The SMILES string of the molecule is Cc1ccc(CN(C(=O)CN(c2ccc(C)c(Cl)c2)S(C)(=O)=O)[C@H](C)C(=O)NC2CCCC2)cc1. The van der Waals surface area contributed by atoms with Crippen LogP contribution < -0.4 is 9.62 Å². The van der Waals surface area contributed by atoms with E-state index in [-0.39, 0.29) is 18.5 Å². The molecule has 190 valence electrons. The van der Waals surface area contributed by atoms with Crippen molar-refractivity contribution in [2.24, 2.45) is 0 Å². The molecule has 1 aliphatic rings. The molecule has 9 heteroatoms. The summed E-state index contributed by atoms with van der Waals surface area (Å²) in [5, 5.41) is 3.46. The van der Waals surface area contributed by atoms with Crippen LogP contribution in [0.2, 0.25) is 5.02 Å². The lowest BCUT2D eigenvalue weighted by Crippen LogP contribution is -2.52. The molecule has 0 aliphatic heterocycles. The second kappa shape index (κ2) is 11.4. The molecule has 1 fully saturated rings. The van der Waals surface area contributed by atoms with Gasteiger partial charge in [0.1, 0.15) is 12.6 Å². The number of nitrogens with zero attached hydrogens (tertiary/aromatic N) is 2. The molecule has 0 bridgehead atoms. The summed E-state index contributed by atoms with van der Waals surface area (Å²) < 4.78 is 26.3. The molecule has 35 heavy (non-hydrogen) atoms. The Hall–Kier alpha value is -2.58. The normalized spacial score (nSPS) is 15.0. The van der Waals surface area contributed by atoms with E-state index in [9.17, 15) is 18.0 Å². The smallest absolute Gasteiger partial charge is 0.244 e. The minimum absolute atomic E-state index is 0.114. The van der Waals surface area contributed by atoms with Crippen LogP contribution in [-0.4, -0.2) is 50.0 Å². The van der Waals surface area contributed by atoms with Crippen molar-refractivity contribution in [1.82, 2.24) is 10.2 Å². The number of sulfonamides is 1. The van der Waals surface area contributed by atoms with Gasteiger partial charge in [-0.15, -0.1) is 0 Å². The van der Waals surface area contributed by atoms with Crippen molar-refractivity contribution in [2.75, 3.05) is 17.1 Å². The van der Waals surface area contributed by atoms with Gasteiger partial charge in [0, 0.05) is 17.6 Å². The highest BCUT2D eigenvalue weighted by molar-refractivity contribution is 7.92. The minimum Gasteiger partial charge on any atom is -0.352 e. The van der Waals surface area contributed by atoms with Crippen LogP contribution in [0.4, 0.5) is 5.69 Å². The number of carbonyl (C=O) groups is 2. The first-order chi connectivity index (χ1) is 16.5. The predicted molar refractivity (Wildman–Crippen MR) is 140 cm³/mol. The van der Waals surface area contributed by atoms with Crippen LogP contribution in [-0.2, 0) is 26.2 Å². The van der Waals surface area contributed by atoms with Gasteiger partial charge in [0.2, 0.25) is 21.8 Å². The summed E-state index contributed by atoms with van der Waals surface area (Å²) in [5.74, 6) is -0.705. The van der Waals surface area contributed by atoms with E-state index in [0.29, 0.717) is 10.7 Å². The minimum atomic E-state index is -3.79. The lowest BCUT2D eigenvalue weighted by Gasteiger charge is -2.32. The Balaban J connectivity index is 1.88. The molecule has 2 aromatic rings. The molecule has 0 aromatic heterocycles. The molecular formula is C26H34ClN3O4S. The third-order valence-electron chi connectivity index (χ3n) is 6.46. The fourth-order valence-corrected chi connectivity index (χ4v) is 5.23. The Morgan fingerprint density at radius 2 is 1.71 bits per heavy atom. The van der Waals surface area contributed by atoms with E-state index in [1.165, 1.54) is 11.0 Å². The number of halogens is 1. The number of nitrogens with one attached hydrogen (secondary N) is 1. The average Bonchev–Trinajstić information content (AvgIpc) is 3.30. The highest BCUT2D eigenvalue weighted by Crippen LogP contribution is 2.25. The first kappa shape index (κ1) is 27.0. The van der Waals surface area contributed by atoms with Gasteiger partial charge in [0.15, 0.2) is 0 Å². The van der Waals surface area contributed by atoms with Gasteiger partial charge in [-0.2, -0.15) is 0 Å². The summed E-state index contributed by atoms with van der Waals surface area (Å²) in [6.45, 7) is 5.22. The van der Waals surface area contributed by atoms with Crippen molar-refractivity contribution in [1.29, 1.82) is 0 Å². The third kappa shape index (κ3) is 7.21. The Bertz CT molecular complexity index is 1160. The van der Waals surface area contributed by atoms with Crippen molar-refractivity contribution < 1.29 is 18.0 Å². The second-order valence-electron chi connectivity index (χ2n) is 9.38. The summed E-state index contributed by atoms with van der Waals surface area (Å²) >= 11 is 6.23. The molecule has 0 radical (unpaired) electrons. The molecule has 1 aliphatic carbocycles. The lowest BCUT2D eigenvalue weighted by atomic mass is 10.1. The summed E-state index contributed by atoms with van der Waals surface area (Å²) in [6, 6.07) is 11.9. The van der Waals surface area contributed by atoms with E-state index in [0.717, 1.165) is 52.9 Å². The largest absolute Gasteiger partial charge is 0.352 e. The van der Waals surface area contributed by atoms with Crippen LogP contribution in [0.1, 0.15) is 49.3 Å². The molecule has 2 aromatic carbocycles. The van der Waals surface area contributed by atoms with Crippen molar-refractivity contribution >= 4 is 39.1 Å². The van der Waals surface area contributed by atoms with Crippen LogP contribution in [0, 0.1) is 13.8 Å². The van der Waals surface area contributed by atoms with Crippen LogP contribution in [0.15, 0.2) is 42.5 Å². The maximum Gasteiger partial charge on any atom is 0.244 e. The molecule has 0 unspecified atom stereocenters. The number of amides is 2. The van der Waals surface area contributed by atoms with E-state index in [4.69, 9.17) is 11.6 Å². The standard InChI is InChI=1S/C26H34ClN3O4S/c1-18-9-12-21(13-10-18)16-29(20(3)26(32)28-22-7-5-6-8-22)25(31)17-30(35(4,33)34)23-14-11-19(2)24(27)15-23/h9-15,20,22H,5-8,16-17H2,1-4H3,(H,28,32)/t20-/m1/s1. The molecule has 1 saturated carbocycles. The quantitative estimate of drug-likeness (QED) is 0.538. The molecule has 1 atom stereocenters. The molecule has 0 saturated heterocycles. The van der Waals surface area contributed by atoms with E-state index >= 15 is 0 Å². The van der Waals surface area contributed by atoms with Gasteiger partial charge in [-0.05, 0) is 56.9 Å². The number of aryl methyl sites for hydroxylation is 2. The molecule has 0 heterocycles. The Morgan fingerprint density at radius 1 is 1.09 bits per heavy atom. The van der Waals surface area contributed by atoms with Gasteiger partial charge in [0.25, 0.3) is 0 Å². The molecule has 2 amide bonds. The summed E-state index contributed by atoms with van der Waals surface area (Å²) in [5.41, 5.74) is 3.04. The van der Waals surface area contributed by atoms with Gasteiger partial charge in [-0.3, -0.25) is 13.9 Å². The van der Waals surface area contributed by atoms with Crippen LogP contribution >= 0.6 is 11.6 Å². The molecule has 7 nitrogen and oxygen atoms in total. The fourth-order valence-electron chi connectivity index (χ4n) is 4.22. The molecular weight excluding hydrogens is 486 g/mol. The average molecular weight is 520 g/mol. The van der Waals surface area contributed by atoms with Gasteiger partial charge in [-0.25, -0.2) is 8.42 Å². The fraction of sp³-hybridized carbons (Fsp3) is 0.462. The summed E-state index contributed by atoms with van der Waals surface area (Å²) in [4.78, 5) is 28.1. The number of carbonyl (C=O) groups excluding carboxylic acids is 2. The van der Waals surface area contributed by atoms with Crippen molar-refractivity contribution in [3.05, 3.63) is 64.2 Å². The van der Waals surface area contributed by atoms with Crippen molar-refractivity contribution in [3.63, 3.8) is 0 Å². The number of hydrogen-bond donors (Lipinski definition) is 1. The molecule has 1 N–H and O–H groups in total. The number of anilines is 1. The topological polar surface area (TPSA) is 86.8 Å². The van der Waals surface area contributed by atoms with Crippen molar-refractivity contribution in [2.45, 2.75) is 65.1 Å². The second-order valence-corrected chi connectivity index (χ2v) is 11.7. The van der Waals surface area contributed by atoms with E-state index in [1.807, 2.05) is 38.1 Å². The zero-order valence-electron chi connectivity index (χ0n) is 20.8. The maximum atomic E-state index is 13.6. The third-order valence-corrected chi connectivity index (χ3v) is 8.01. The lowest BCUT2D eigenvalue weighted by molar-refractivity contribution is -0.139. The Morgan fingerprint density at radius 3 is 2.29 bits per heavy atom. The van der Waals surface area contributed by atoms with Crippen LogP contribution in [0.5, 0.6) is 0 Å². The predicted octanol–water partition coefficient (Wildman–Crippen LogP) is 4.20. The maximum absolute atomic E-state index is 13.6. The highest BCUT2D eigenvalue weighted by Gasteiger charge is 2.31. The number of hydrogen-bond acceptors (Lipinski definition) is 4. The van der Waals surface area contributed by atoms with Gasteiger partial charge >= 0.3 is 0 Å².